The summed E-state index contributed by atoms with van der Waals surface area (Å²) in [5, 5.41) is 14.0. The highest BCUT2D eigenvalue weighted by atomic mass is 35.5. The minimum absolute atomic E-state index is 0.0378. The van der Waals surface area contributed by atoms with Gasteiger partial charge in [0.25, 0.3) is 0 Å². The summed E-state index contributed by atoms with van der Waals surface area (Å²) in [6.45, 7) is 1.03. The second-order valence-electron chi connectivity index (χ2n) is 7.37. The summed E-state index contributed by atoms with van der Waals surface area (Å²) in [4.78, 5) is 23.5. The summed E-state index contributed by atoms with van der Waals surface area (Å²) in [7, 11) is 0. The van der Waals surface area contributed by atoms with E-state index in [1.165, 1.54) is 0 Å². The molecule has 2 N–H and O–H groups in total. The Kier molecular flexibility index (Phi) is 5.87. The Balaban J connectivity index is 1.56. The van der Waals surface area contributed by atoms with Gasteiger partial charge in [-0.1, -0.05) is 36.9 Å². The molecule has 0 bridgehead atoms. The fraction of sp³-hybridized carbons (Fsp3) is 0.500. The van der Waals surface area contributed by atoms with Gasteiger partial charge in [0, 0.05) is 36.2 Å². The maximum absolute atomic E-state index is 12.3. The molecule has 1 heterocycles. The molecule has 26 heavy (non-hydrogen) atoms. The highest BCUT2D eigenvalue weighted by Gasteiger charge is 2.34. The van der Waals surface area contributed by atoms with Gasteiger partial charge in [0.2, 0.25) is 5.91 Å². The van der Waals surface area contributed by atoms with Crippen molar-refractivity contribution in [1.82, 2.24) is 9.88 Å². The van der Waals surface area contributed by atoms with Crippen LogP contribution in [0, 0.1) is 5.41 Å². The second kappa shape index (κ2) is 8.12. The number of benzene rings is 1. The maximum Gasteiger partial charge on any atom is 0.303 e. The van der Waals surface area contributed by atoms with Crippen molar-refractivity contribution in [3.63, 3.8) is 0 Å². The smallest absolute Gasteiger partial charge is 0.303 e. The van der Waals surface area contributed by atoms with Crippen molar-refractivity contribution < 1.29 is 14.7 Å². The van der Waals surface area contributed by atoms with E-state index in [0.717, 1.165) is 43.0 Å². The Morgan fingerprint density at radius 3 is 2.69 bits per heavy atom. The van der Waals surface area contributed by atoms with Crippen LogP contribution in [0.5, 0.6) is 0 Å². The minimum atomic E-state index is -0.781. The third-order valence-electron chi connectivity index (χ3n) is 5.42. The van der Waals surface area contributed by atoms with E-state index >= 15 is 0 Å². The molecule has 0 spiro atoms. The highest BCUT2D eigenvalue weighted by Crippen LogP contribution is 2.38. The van der Waals surface area contributed by atoms with Crippen LogP contribution in [-0.4, -0.2) is 28.1 Å². The lowest BCUT2D eigenvalue weighted by molar-refractivity contribution is -0.140. The third-order valence-corrected chi connectivity index (χ3v) is 5.65. The molecule has 3 rings (SSSR count). The molecule has 5 nitrogen and oxygen atoms in total. The van der Waals surface area contributed by atoms with Crippen molar-refractivity contribution in [2.45, 2.75) is 51.5 Å². The number of hydrogen-bond acceptors (Lipinski definition) is 2. The second-order valence-corrected chi connectivity index (χ2v) is 7.81. The van der Waals surface area contributed by atoms with Gasteiger partial charge in [-0.05, 0) is 41.8 Å². The molecule has 2 aromatic rings. The molecule has 0 radical (unpaired) electrons. The summed E-state index contributed by atoms with van der Waals surface area (Å²) in [6, 6.07) is 7.73. The van der Waals surface area contributed by atoms with Crippen LogP contribution >= 0.6 is 11.6 Å². The molecule has 6 heteroatoms. The summed E-state index contributed by atoms with van der Waals surface area (Å²) >= 11 is 6.06. The average molecular weight is 377 g/mol. The molecular weight excluding hydrogens is 352 g/mol. The van der Waals surface area contributed by atoms with Gasteiger partial charge in [-0.15, -0.1) is 0 Å². The topological polar surface area (TPSA) is 71.3 Å². The van der Waals surface area contributed by atoms with Gasteiger partial charge in [-0.25, -0.2) is 0 Å². The molecule has 1 aromatic carbocycles. The monoisotopic (exact) mass is 376 g/mol. The zero-order valence-electron chi connectivity index (χ0n) is 14.8. The number of carboxylic acid groups (broad SMARTS) is 1. The minimum Gasteiger partial charge on any atom is -0.481 e. The van der Waals surface area contributed by atoms with E-state index < -0.39 is 5.97 Å². The first-order valence-electron chi connectivity index (χ1n) is 9.20. The number of carbonyl (C=O) groups is 2. The largest absolute Gasteiger partial charge is 0.481 e. The van der Waals surface area contributed by atoms with Crippen LogP contribution in [0.15, 0.2) is 30.5 Å². The van der Waals surface area contributed by atoms with Gasteiger partial charge in [-0.3, -0.25) is 9.59 Å². The number of nitrogens with one attached hydrogen (secondary N) is 1. The van der Waals surface area contributed by atoms with Gasteiger partial charge >= 0.3 is 5.97 Å². The summed E-state index contributed by atoms with van der Waals surface area (Å²) in [5.41, 5.74) is 0.730. The molecule has 0 saturated heterocycles. The Hall–Kier alpha value is -2.01. The van der Waals surface area contributed by atoms with Gasteiger partial charge in [0.1, 0.15) is 0 Å². The third kappa shape index (κ3) is 4.58. The predicted octanol–water partition coefficient (Wildman–Crippen LogP) is 4.23. The molecular formula is C20H25ClN2O3. The number of aliphatic carboxylic acids is 1. The average Bonchev–Trinajstić information content (AvgIpc) is 3.00. The molecule has 1 amide bonds. The van der Waals surface area contributed by atoms with E-state index in [9.17, 15) is 14.7 Å². The lowest BCUT2D eigenvalue weighted by atomic mass is 9.71. The van der Waals surface area contributed by atoms with Crippen LogP contribution in [0.1, 0.15) is 44.9 Å². The molecule has 0 atom stereocenters. The normalized spacial score (nSPS) is 16.5. The highest BCUT2D eigenvalue weighted by molar-refractivity contribution is 6.31. The van der Waals surface area contributed by atoms with Crippen LogP contribution < -0.4 is 5.32 Å². The predicted molar refractivity (Wildman–Crippen MR) is 102 cm³/mol. The number of aromatic nitrogens is 1. The van der Waals surface area contributed by atoms with Crippen LogP contribution in [0.3, 0.4) is 0 Å². The number of aryl methyl sites for hydroxylation is 1. The van der Waals surface area contributed by atoms with Crippen LogP contribution in [0.25, 0.3) is 10.9 Å². The number of nitrogens with zero attached hydrogens (tertiary/aromatic N) is 1. The number of amides is 1. The number of halogens is 1. The van der Waals surface area contributed by atoms with Gasteiger partial charge in [-0.2, -0.15) is 0 Å². The maximum atomic E-state index is 12.3. The first-order valence-corrected chi connectivity index (χ1v) is 9.58. The van der Waals surface area contributed by atoms with E-state index in [-0.39, 0.29) is 17.7 Å². The van der Waals surface area contributed by atoms with Crippen molar-refractivity contribution in [2.75, 3.05) is 6.54 Å². The number of fused-ring (bicyclic) bond motifs is 1. The van der Waals surface area contributed by atoms with Crippen molar-refractivity contribution in [3.05, 3.63) is 35.5 Å². The van der Waals surface area contributed by atoms with Crippen molar-refractivity contribution >= 4 is 34.4 Å². The lowest BCUT2D eigenvalue weighted by Crippen LogP contribution is -2.40. The first-order chi connectivity index (χ1) is 12.5. The quantitative estimate of drug-likeness (QED) is 0.759. The van der Waals surface area contributed by atoms with Crippen molar-refractivity contribution in [1.29, 1.82) is 0 Å². The number of hydrogen-bond donors (Lipinski definition) is 2. The standard InChI is InChI=1S/C20H25ClN2O3/c21-16-5-4-15-6-10-23(17(15)12-16)11-7-18(24)22-14-20(13-19(25)26)8-2-1-3-9-20/h4-6,10,12H,1-3,7-9,11,13-14H2,(H,22,24)(H,25,26). The molecule has 1 fully saturated rings. The number of carboxylic acids is 1. The molecule has 0 aliphatic heterocycles. The van der Waals surface area contributed by atoms with E-state index in [0.29, 0.717) is 24.5 Å². The van der Waals surface area contributed by atoms with E-state index in [1.807, 2.05) is 35.0 Å². The van der Waals surface area contributed by atoms with Crippen molar-refractivity contribution in [3.8, 4) is 0 Å². The Morgan fingerprint density at radius 2 is 1.96 bits per heavy atom. The first kappa shape index (κ1) is 18.8. The van der Waals surface area contributed by atoms with Gasteiger partial charge in [0.15, 0.2) is 0 Å². The van der Waals surface area contributed by atoms with E-state index in [2.05, 4.69) is 5.32 Å². The summed E-state index contributed by atoms with van der Waals surface area (Å²) < 4.78 is 2.02. The molecule has 1 saturated carbocycles. The van der Waals surface area contributed by atoms with E-state index in [1.54, 1.807) is 0 Å². The Bertz CT molecular complexity index is 793. The van der Waals surface area contributed by atoms with E-state index in [4.69, 9.17) is 11.6 Å². The zero-order chi connectivity index (χ0) is 18.6. The van der Waals surface area contributed by atoms with Gasteiger partial charge < -0.3 is 15.0 Å². The molecule has 140 valence electrons. The summed E-state index contributed by atoms with van der Waals surface area (Å²) in [6.07, 6.45) is 7.44. The Labute approximate surface area is 158 Å². The Morgan fingerprint density at radius 1 is 1.19 bits per heavy atom. The lowest BCUT2D eigenvalue weighted by Gasteiger charge is -2.36. The molecule has 0 unspecified atom stereocenters. The fourth-order valence-electron chi connectivity index (χ4n) is 3.99. The van der Waals surface area contributed by atoms with Crippen LogP contribution in [0.4, 0.5) is 0 Å². The zero-order valence-corrected chi connectivity index (χ0v) is 15.6. The van der Waals surface area contributed by atoms with Gasteiger partial charge in [0.05, 0.1) is 6.42 Å². The number of carbonyl (C=O) groups excluding carboxylic acids is 1. The molecule has 1 aliphatic rings. The van der Waals surface area contributed by atoms with Crippen LogP contribution in [0.2, 0.25) is 5.02 Å². The summed E-state index contributed by atoms with van der Waals surface area (Å²) in [5.74, 6) is -0.818. The SMILES string of the molecule is O=C(O)CC1(CNC(=O)CCn2ccc3ccc(Cl)cc32)CCCCC1. The number of rotatable bonds is 7. The fourth-order valence-corrected chi connectivity index (χ4v) is 4.15. The van der Waals surface area contributed by atoms with Crippen molar-refractivity contribution in [2.24, 2.45) is 5.41 Å². The molecule has 1 aromatic heterocycles. The van der Waals surface area contributed by atoms with Crippen LogP contribution in [-0.2, 0) is 16.1 Å². The molecule has 1 aliphatic carbocycles.